The summed E-state index contributed by atoms with van der Waals surface area (Å²) in [5.41, 5.74) is 0.855. The van der Waals surface area contributed by atoms with Gasteiger partial charge in [-0.3, -0.25) is 9.20 Å². The summed E-state index contributed by atoms with van der Waals surface area (Å²) in [6.45, 7) is 0. The molecule has 136 valence electrons. The molecule has 0 aliphatic heterocycles. The van der Waals surface area contributed by atoms with E-state index in [4.69, 9.17) is 0 Å². The van der Waals surface area contributed by atoms with Crippen LogP contribution < -0.4 is 10.6 Å². The lowest BCUT2D eigenvalue weighted by atomic mass is 9.84. The zero-order valence-corrected chi connectivity index (χ0v) is 15.6. The van der Waals surface area contributed by atoms with Crippen LogP contribution in [0.25, 0.3) is 4.96 Å². The molecule has 0 radical (unpaired) electrons. The Labute approximate surface area is 153 Å². The first kappa shape index (κ1) is 17.0. The summed E-state index contributed by atoms with van der Waals surface area (Å²) in [5.74, 6) is 0.0971. The molecular weight excluding hydrogens is 332 g/mol. The van der Waals surface area contributed by atoms with Crippen molar-refractivity contribution < 1.29 is 4.79 Å². The van der Waals surface area contributed by atoms with Gasteiger partial charge in [0.05, 0.1) is 12.1 Å². The van der Waals surface area contributed by atoms with Gasteiger partial charge in [-0.25, -0.2) is 4.98 Å². The molecule has 2 heterocycles. The van der Waals surface area contributed by atoms with Gasteiger partial charge in [0.25, 0.3) is 0 Å². The van der Waals surface area contributed by atoms with Gasteiger partial charge in [0, 0.05) is 35.9 Å². The fourth-order valence-electron chi connectivity index (χ4n) is 4.08. The molecule has 2 aliphatic carbocycles. The molecule has 6 heteroatoms. The Morgan fingerprint density at radius 2 is 1.88 bits per heavy atom. The topological polar surface area (TPSA) is 58.4 Å². The number of rotatable bonds is 5. The molecule has 2 saturated carbocycles. The maximum Gasteiger partial charge on any atom is 0.226 e. The van der Waals surface area contributed by atoms with Gasteiger partial charge in [-0.15, -0.1) is 11.3 Å². The van der Waals surface area contributed by atoms with E-state index in [0.29, 0.717) is 24.5 Å². The van der Waals surface area contributed by atoms with Gasteiger partial charge in [-0.05, 0) is 25.7 Å². The van der Waals surface area contributed by atoms with Crippen molar-refractivity contribution in [3.05, 3.63) is 23.5 Å². The highest BCUT2D eigenvalue weighted by Crippen LogP contribution is 2.24. The minimum Gasteiger partial charge on any atom is -0.351 e. The Morgan fingerprint density at radius 1 is 1.12 bits per heavy atom. The van der Waals surface area contributed by atoms with Gasteiger partial charge in [-0.1, -0.05) is 32.1 Å². The summed E-state index contributed by atoms with van der Waals surface area (Å²) < 4.78 is 1.98. The smallest absolute Gasteiger partial charge is 0.226 e. The van der Waals surface area contributed by atoms with Crippen molar-refractivity contribution in [3.8, 4) is 0 Å². The first-order valence-electron chi connectivity index (χ1n) is 9.74. The molecule has 0 saturated heterocycles. The van der Waals surface area contributed by atoms with Crippen LogP contribution in [0.5, 0.6) is 0 Å². The average molecular weight is 361 g/mol. The van der Waals surface area contributed by atoms with E-state index in [1.807, 2.05) is 22.2 Å². The number of fused-ring (bicyclic) bond motifs is 1. The van der Waals surface area contributed by atoms with Crippen LogP contribution in [0.3, 0.4) is 0 Å². The first-order chi connectivity index (χ1) is 12.3. The van der Waals surface area contributed by atoms with Gasteiger partial charge >= 0.3 is 0 Å². The molecule has 5 nitrogen and oxygen atoms in total. The first-order valence-corrected chi connectivity index (χ1v) is 10.6. The van der Waals surface area contributed by atoms with Crippen LogP contribution in [0.1, 0.15) is 63.5 Å². The van der Waals surface area contributed by atoms with E-state index >= 15 is 0 Å². The minimum atomic E-state index is 0.0971. The summed E-state index contributed by atoms with van der Waals surface area (Å²) >= 11 is 1.60. The summed E-state index contributed by atoms with van der Waals surface area (Å²) in [7, 11) is 0. The van der Waals surface area contributed by atoms with Crippen molar-refractivity contribution in [2.75, 3.05) is 0 Å². The monoisotopic (exact) mass is 360 g/mol. The largest absolute Gasteiger partial charge is 0.351 e. The second-order valence-corrected chi connectivity index (χ2v) is 8.44. The number of hydrogen-bond donors (Lipinski definition) is 2. The fourth-order valence-corrected chi connectivity index (χ4v) is 4.80. The standard InChI is InChI=1S/C19H28N4OS/c24-18(12-15-13-23-10-11-25-19(23)21-15)22-17-9-8-16(17)20-14-6-4-2-1-3-5-7-14/h10-11,13-14,16-17,20H,1-9,12H2,(H,22,24)/t16-,17+/m1/s1. The van der Waals surface area contributed by atoms with Gasteiger partial charge in [0.2, 0.25) is 5.91 Å². The molecule has 2 atom stereocenters. The molecule has 2 fully saturated rings. The van der Waals surface area contributed by atoms with E-state index in [1.165, 1.54) is 51.4 Å². The molecule has 2 aliphatic rings. The van der Waals surface area contributed by atoms with Crippen LogP contribution in [0, 0.1) is 0 Å². The lowest BCUT2D eigenvalue weighted by Crippen LogP contribution is -2.59. The Balaban J connectivity index is 1.25. The third-order valence-corrected chi connectivity index (χ3v) is 6.43. The van der Waals surface area contributed by atoms with Crippen LogP contribution in [-0.2, 0) is 11.2 Å². The Hall–Kier alpha value is -1.40. The highest BCUT2D eigenvalue weighted by Gasteiger charge is 2.33. The summed E-state index contributed by atoms with van der Waals surface area (Å²) in [6.07, 6.45) is 16.0. The maximum atomic E-state index is 12.4. The van der Waals surface area contributed by atoms with E-state index in [-0.39, 0.29) is 5.91 Å². The molecule has 0 aromatic carbocycles. The van der Waals surface area contributed by atoms with Gasteiger partial charge in [0.1, 0.15) is 0 Å². The molecule has 0 spiro atoms. The van der Waals surface area contributed by atoms with E-state index in [0.717, 1.165) is 17.1 Å². The van der Waals surface area contributed by atoms with Gasteiger partial charge < -0.3 is 10.6 Å². The normalized spacial score (nSPS) is 25.3. The molecule has 0 unspecified atom stereocenters. The van der Waals surface area contributed by atoms with Crippen molar-refractivity contribution in [2.45, 2.75) is 82.3 Å². The Kier molecular flexibility index (Phi) is 5.36. The number of amides is 1. The predicted molar refractivity (Wildman–Crippen MR) is 101 cm³/mol. The van der Waals surface area contributed by atoms with E-state index in [9.17, 15) is 4.79 Å². The van der Waals surface area contributed by atoms with Crippen molar-refractivity contribution in [1.29, 1.82) is 0 Å². The van der Waals surface area contributed by atoms with E-state index in [1.54, 1.807) is 11.3 Å². The van der Waals surface area contributed by atoms with E-state index in [2.05, 4.69) is 15.6 Å². The third kappa shape index (κ3) is 4.23. The molecule has 2 aromatic heterocycles. The van der Waals surface area contributed by atoms with Crippen molar-refractivity contribution in [1.82, 2.24) is 20.0 Å². The van der Waals surface area contributed by atoms with Crippen molar-refractivity contribution in [3.63, 3.8) is 0 Å². The number of nitrogens with zero attached hydrogens (tertiary/aromatic N) is 2. The molecule has 0 bridgehead atoms. The number of nitrogens with one attached hydrogen (secondary N) is 2. The second-order valence-electron chi connectivity index (χ2n) is 7.57. The number of hydrogen-bond acceptors (Lipinski definition) is 4. The second kappa shape index (κ2) is 7.87. The molecule has 1 amide bonds. The minimum absolute atomic E-state index is 0.0971. The number of carbonyl (C=O) groups excluding carboxylic acids is 1. The average Bonchev–Trinajstić information content (AvgIpc) is 3.12. The summed E-state index contributed by atoms with van der Waals surface area (Å²) in [5, 5.41) is 9.05. The SMILES string of the molecule is O=C(Cc1cn2ccsc2n1)N[C@H]1CC[C@H]1NC1CCCCCCC1. The van der Waals surface area contributed by atoms with Crippen molar-refractivity contribution in [2.24, 2.45) is 0 Å². The number of aromatic nitrogens is 2. The van der Waals surface area contributed by atoms with Crippen LogP contribution in [-0.4, -0.2) is 33.4 Å². The van der Waals surface area contributed by atoms with Crippen LogP contribution in [0.2, 0.25) is 0 Å². The lowest BCUT2D eigenvalue weighted by molar-refractivity contribution is -0.122. The fraction of sp³-hybridized carbons (Fsp3) is 0.684. The molecule has 4 rings (SSSR count). The zero-order chi connectivity index (χ0) is 17.1. The number of thiazole rings is 1. The number of carbonyl (C=O) groups is 1. The zero-order valence-electron chi connectivity index (χ0n) is 14.7. The number of imidazole rings is 1. The molecule has 2 aromatic rings. The van der Waals surface area contributed by atoms with E-state index < -0.39 is 0 Å². The van der Waals surface area contributed by atoms with Gasteiger partial charge in [-0.2, -0.15) is 0 Å². The van der Waals surface area contributed by atoms with Crippen molar-refractivity contribution >= 4 is 22.2 Å². The Morgan fingerprint density at radius 3 is 2.60 bits per heavy atom. The molecule has 2 N–H and O–H groups in total. The van der Waals surface area contributed by atoms with Crippen LogP contribution in [0.15, 0.2) is 17.8 Å². The maximum absolute atomic E-state index is 12.4. The van der Waals surface area contributed by atoms with Crippen LogP contribution in [0.4, 0.5) is 0 Å². The highest BCUT2D eigenvalue weighted by atomic mass is 32.1. The highest BCUT2D eigenvalue weighted by molar-refractivity contribution is 7.15. The van der Waals surface area contributed by atoms with Gasteiger partial charge in [0.15, 0.2) is 4.96 Å². The summed E-state index contributed by atoms with van der Waals surface area (Å²) in [6, 6.07) is 1.39. The molecular formula is C19H28N4OS. The Bertz CT molecular complexity index is 673. The lowest BCUT2D eigenvalue weighted by Gasteiger charge is -2.40. The quantitative estimate of drug-likeness (QED) is 0.860. The van der Waals surface area contributed by atoms with Crippen LogP contribution >= 0.6 is 11.3 Å². The summed E-state index contributed by atoms with van der Waals surface area (Å²) in [4.78, 5) is 17.8. The third-order valence-electron chi connectivity index (χ3n) is 5.66. The molecule has 25 heavy (non-hydrogen) atoms. The predicted octanol–water partition coefficient (Wildman–Crippen LogP) is 3.29.